The first kappa shape index (κ1) is 16.5. The number of amides is 2. The minimum absolute atomic E-state index is 0.0225. The number of carbonyl (C=O) groups is 2. The van der Waals surface area contributed by atoms with Crippen LogP contribution < -0.4 is 10.2 Å². The van der Waals surface area contributed by atoms with E-state index in [1.807, 2.05) is 17.9 Å². The predicted octanol–water partition coefficient (Wildman–Crippen LogP) is 1.03. The molecule has 7 heteroatoms. The van der Waals surface area contributed by atoms with E-state index in [2.05, 4.69) is 20.2 Å². The number of benzene rings is 1. The number of aryl methyl sites for hydroxylation is 1. The smallest absolute Gasteiger partial charge is 0.253 e. The summed E-state index contributed by atoms with van der Waals surface area (Å²) in [5.41, 5.74) is 3.19. The molecule has 1 saturated heterocycles. The third-order valence-corrected chi connectivity index (χ3v) is 5.00. The summed E-state index contributed by atoms with van der Waals surface area (Å²) in [5, 5.41) is 2.82. The van der Waals surface area contributed by atoms with E-state index in [0.29, 0.717) is 30.8 Å². The van der Waals surface area contributed by atoms with Gasteiger partial charge in [-0.15, -0.1) is 0 Å². The molecule has 1 N–H and O–H groups in total. The first-order valence-corrected chi connectivity index (χ1v) is 8.86. The molecule has 1 fully saturated rings. The molecule has 1 aromatic carbocycles. The zero-order chi connectivity index (χ0) is 18.1. The molecular weight excluding hydrogens is 330 g/mol. The van der Waals surface area contributed by atoms with Crippen molar-refractivity contribution in [1.29, 1.82) is 0 Å². The second-order valence-corrected chi connectivity index (χ2v) is 6.62. The Hall–Kier alpha value is -2.96. The van der Waals surface area contributed by atoms with Crippen molar-refractivity contribution in [3.63, 3.8) is 0 Å². The van der Waals surface area contributed by atoms with E-state index in [9.17, 15) is 9.59 Å². The molecule has 134 valence electrons. The zero-order valence-electron chi connectivity index (χ0n) is 14.7. The molecule has 0 bridgehead atoms. The van der Waals surface area contributed by atoms with Gasteiger partial charge in [-0.25, -0.2) is 4.98 Å². The molecule has 0 aliphatic carbocycles. The summed E-state index contributed by atoms with van der Waals surface area (Å²) in [7, 11) is 0. The number of anilines is 1. The lowest BCUT2D eigenvalue weighted by Gasteiger charge is -2.35. The summed E-state index contributed by atoms with van der Waals surface area (Å²) in [6.45, 7) is 5.33. The fourth-order valence-corrected chi connectivity index (χ4v) is 3.58. The fraction of sp³-hybridized carbons (Fsp3) is 0.368. The Bertz CT molecular complexity index is 859. The van der Waals surface area contributed by atoms with Crippen molar-refractivity contribution in [2.75, 3.05) is 37.6 Å². The molecule has 3 heterocycles. The maximum atomic E-state index is 12.9. The van der Waals surface area contributed by atoms with Gasteiger partial charge in [-0.05, 0) is 37.1 Å². The summed E-state index contributed by atoms with van der Waals surface area (Å²) in [6.07, 6.45) is 4.15. The van der Waals surface area contributed by atoms with Crippen molar-refractivity contribution in [1.82, 2.24) is 20.2 Å². The lowest BCUT2D eigenvalue weighted by molar-refractivity contribution is 0.0745. The summed E-state index contributed by atoms with van der Waals surface area (Å²) in [5.74, 6) is 0.854. The van der Waals surface area contributed by atoms with E-state index in [4.69, 9.17) is 0 Å². The first-order chi connectivity index (χ1) is 12.6. The number of hydrogen-bond acceptors (Lipinski definition) is 5. The number of nitrogens with zero attached hydrogens (tertiary/aromatic N) is 4. The molecule has 2 aliphatic heterocycles. The van der Waals surface area contributed by atoms with Gasteiger partial charge < -0.3 is 15.1 Å². The van der Waals surface area contributed by atoms with Crippen LogP contribution in [0.15, 0.2) is 30.6 Å². The number of hydrogen-bond donors (Lipinski definition) is 1. The van der Waals surface area contributed by atoms with Crippen LogP contribution in [0.1, 0.15) is 32.0 Å². The molecule has 26 heavy (non-hydrogen) atoms. The molecule has 2 aliphatic rings. The molecule has 4 rings (SSSR count). The fourth-order valence-electron chi connectivity index (χ4n) is 3.58. The lowest BCUT2D eigenvalue weighted by Crippen LogP contribution is -2.49. The normalized spacial score (nSPS) is 16.9. The highest BCUT2D eigenvalue weighted by molar-refractivity contribution is 5.99. The Kier molecular flexibility index (Phi) is 4.28. The van der Waals surface area contributed by atoms with Crippen LogP contribution in [0.5, 0.6) is 0 Å². The SMILES string of the molecule is Cc1nccnc1N1CCN(C(=O)c2ccc3c(c2)CCNC3=O)CC1. The highest BCUT2D eigenvalue weighted by Crippen LogP contribution is 2.20. The van der Waals surface area contributed by atoms with Crippen LogP contribution >= 0.6 is 0 Å². The van der Waals surface area contributed by atoms with Gasteiger partial charge in [0.15, 0.2) is 0 Å². The Morgan fingerprint density at radius 3 is 2.65 bits per heavy atom. The van der Waals surface area contributed by atoms with E-state index >= 15 is 0 Å². The quantitative estimate of drug-likeness (QED) is 0.874. The molecule has 2 amide bonds. The number of carbonyl (C=O) groups excluding carboxylic acids is 2. The van der Waals surface area contributed by atoms with Gasteiger partial charge in [-0.1, -0.05) is 0 Å². The Labute approximate surface area is 152 Å². The van der Waals surface area contributed by atoms with Crippen LogP contribution in [0.4, 0.5) is 5.82 Å². The minimum atomic E-state index is -0.0572. The third-order valence-electron chi connectivity index (χ3n) is 5.00. The molecule has 7 nitrogen and oxygen atoms in total. The van der Waals surface area contributed by atoms with Gasteiger partial charge in [0, 0.05) is 56.2 Å². The van der Waals surface area contributed by atoms with Gasteiger partial charge in [0.05, 0.1) is 5.69 Å². The average Bonchev–Trinajstić information content (AvgIpc) is 2.68. The average molecular weight is 351 g/mol. The van der Waals surface area contributed by atoms with Crippen LogP contribution in [-0.2, 0) is 6.42 Å². The van der Waals surface area contributed by atoms with Gasteiger partial charge >= 0.3 is 0 Å². The van der Waals surface area contributed by atoms with Crippen LogP contribution in [0.3, 0.4) is 0 Å². The Morgan fingerprint density at radius 1 is 1.12 bits per heavy atom. The summed E-state index contributed by atoms with van der Waals surface area (Å²) in [6, 6.07) is 5.39. The summed E-state index contributed by atoms with van der Waals surface area (Å²) < 4.78 is 0. The van der Waals surface area contributed by atoms with Crippen molar-refractivity contribution < 1.29 is 9.59 Å². The number of aromatic nitrogens is 2. The van der Waals surface area contributed by atoms with Crippen molar-refractivity contribution in [2.45, 2.75) is 13.3 Å². The molecule has 0 saturated carbocycles. The standard InChI is InChI=1S/C19H21N5O2/c1-13-17(21-7-6-20-13)23-8-10-24(11-9-23)19(26)15-2-3-16-14(12-15)4-5-22-18(16)25/h2-3,6-7,12H,4-5,8-11H2,1H3,(H,22,25). The van der Waals surface area contributed by atoms with Crippen LogP contribution in [0.25, 0.3) is 0 Å². The van der Waals surface area contributed by atoms with Crippen LogP contribution in [-0.4, -0.2) is 59.4 Å². The van der Waals surface area contributed by atoms with E-state index in [-0.39, 0.29) is 11.8 Å². The lowest BCUT2D eigenvalue weighted by atomic mass is 9.97. The minimum Gasteiger partial charge on any atom is -0.352 e. The van der Waals surface area contributed by atoms with Crippen LogP contribution in [0, 0.1) is 6.92 Å². The molecule has 0 spiro atoms. The highest BCUT2D eigenvalue weighted by Gasteiger charge is 2.25. The van der Waals surface area contributed by atoms with E-state index in [0.717, 1.165) is 36.6 Å². The number of piperazine rings is 1. The van der Waals surface area contributed by atoms with Gasteiger partial charge in [-0.2, -0.15) is 0 Å². The highest BCUT2D eigenvalue weighted by atomic mass is 16.2. The van der Waals surface area contributed by atoms with Gasteiger partial charge in [0.2, 0.25) is 0 Å². The van der Waals surface area contributed by atoms with Gasteiger partial charge in [-0.3, -0.25) is 14.6 Å². The van der Waals surface area contributed by atoms with Crippen molar-refractivity contribution in [3.8, 4) is 0 Å². The van der Waals surface area contributed by atoms with E-state index in [1.165, 1.54) is 0 Å². The van der Waals surface area contributed by atoms with E-state index < -0.39 is 0 Å². The second kappa shape index (κ2) is 6.74. The van der Waals surface area contributed by atoms with Gasteiger partial charge in [0.25, 0.3) is 11.8 Å². The number of nitrogens with one attached hydrogen (secondary N) is 1. The van der Waals surface area contributed by atoms with Crippen molar-refractivity contribution in [2.24, 2.45) is 0 Å². The predicted molar refractivity (Wildman–Crippen MR) is 97.4 cm³/mol. The molecule has 2 aromatic rings. The maximum Gasteiger partial charge on any atom is 0.253 e. The first-order valence-electron chi connectivity index (χ1n) is 8.86. The maximum absolute atomic E-state index is 12.9. The second-order valence-electron chi connectivity index (χ2n) is 6.62. The molecular formula is C19H21N5O2. The molecule has 0 radical (unpaired) electrons. The van der Waals surface area contributed by atoms with E-state index in [1.54, 1.807) is 24.5 Å². The summed E-state index contributed by atoms with van der Waals surface area (Å²) in [4.78, 5) is 37.4. The largest absolute Gasteiger partial charge is 0.352 e. The Balaban J connectivity index is 1.46. The third kappa shape index (κ3) is 3.00. The monoisotopic (exact) mass is 351 g/mol. The zero-order valence-corrected chi connectivity index (χ0v) is 14.7. The topological polar surface area (TPSA) is 78.4 Å². The van der Waals surface area contributed by atoms with Gasteiger partial charge in [0.1, 0.15) is 5.82 Å². The molecule has 0 unspecified atom stereocenters. The van der Waals surface area contributed by atoms with Crippen molar-refractivity contribution >= 4 is 17.6 Å². The number of rotatable bonds is 2. The molecule has 0 atom stereocenters. The van der Waals surface area contributed by atoms with Crippen molar-refractivity contribution in [3.05, 3.63) is 53.0 Å². The molecule has 1 aromatic heterocycles. The van der Waals surface area contributed by atoms with Crippen LogP contribution in [0.2, 0.25) is 0 Å². The number of fused-ring (bicyclic) bond motifs is 1. The Morgan fingerprint density at radius 2 is 1.88 bits per heavy atom. The summed E-state index contributed by atoms with van der Waals surface area (Å²) >= 11 is 0.